The van der Waals surface area contributed by atoms with E-state index in [0.717, 1.165) is 55.3 Å². The third-order valence-electron chi connectivity index (χ3n) is 8.36. The van der Waals surface area contributed by atoms with Crippen LogP contribution in [0, 0.1) is 5.92 Å². The Labute approximate surface area is 280 Å². The maximum absolute atomic E-state index is 13.8. The Kier molecular flexibility index (Phi) is 17.3. The second-order valence-corrected chi connectivity index (χ2v) is 12.1. The Balaban J connectivity index is 1.70. The number of hydrogen-bond acceptors (Lipinski definition) is 8. The van der Waals surface area contributed by atoms with Gasteiger partial charge in [0.2, 0.25) is 5.54 Å². The molecule has 0 fully saturated rings. The van der Waals surface area contributed by atoms with Gasteiger partial charge in [-0.25, -0.2) is 9.59 Å². The zero-order chi connectivity index (χ0) is 33.6. The smallest absolute Gasteiger partial charge is 0.339 e. The first-order valence-corrected chi connectivity index (χ1v) is 17.1. The number of nitrogens with two attached hydrogens (primary N) is 2. The SMILES string of the molecule is NCCCCCCCCCCCCCC(C(=O)OCc1ccccc1)C(N)(C(=O)OCc1ccccc1)C(=O)OCc1ccccc1. The van der Waals surface area contributed by atoms with Crippen LogP contribution in [0.2, 0.25) is 0 Å². The van der Waals surface area contributed by atoms with Gasteiger partial charge in [0.25, 0.3) is 0 Å². The lowest BCUT2D eigenvalue weighted by Gasteiger charge is -2.32. The van der Waals surface area contributed by atoms with Gasteiger partial charge in [0, 0.05) is 0 Å². The van der Waals surface area contributed by atoms with Crippen LogP contribution in [0.15, 0.2) is 91.0 Å². The molecule has 3 aromatic carbocycles. The molecule has 8 nitrogen and oxygen atoms in total. The third-order valence-corrected chi connectivity index (χ3v) is 8.36. The van der Waals surface area contributed by atoms with Crippen LogP contribution in [-0.4, -0.2) is 30.0 Å². The fourth-order valence-electron chi connectivity index (χ4n) is 5.50. The average Bonchev–Trinajstić information content (AvgIpc) is 3.11. The van der Waals surface area contributed by atoms with Crippen molar-refractivity contribution in [3.8, 4) is 0 Å². The molecule has 0 saturated carbocycles. The molecule has 3 aromatic rings. The van der Waals surface area contributed by atoms with Crippen LogP contribution in [0.4, 0.5) is 0 Å². The summed E-state index contributed by atoms with van der Waals surface area (Å²) in [4.78, 5) is 41.3. The van der Waals surface area contributed by atoms with Crippen molar-refractivity contribution in [3.05, 3.63) is 108 Å². The van der Waals surface area contributed by atoms with Gasteiger partial charge < -0.3 is 25.7 Å². The van der Waals surface area contributed by atoms with Crippen molar-refractivity contribution in [2.45, 2.75) is 102 Å². The Morgan fingerprint density at radius 2 is 0.851 bits per heavy atom. The molecule has 1 unspecified atom stereocenters. The summed E-state index contributed by atoms with van der Waals surface area (Å²) < 4.78 is 16.9. The lowest BCUT2D eigenvalue weighted by atomic mass is 9.80. The lowest BCUT2D eigenvalue weighted by Crippen LogP contribution is -2.63. The summed E-state index contributed by atoms with van der Waals surface area (Å²) in [6.45, 7) is 0.532. The van der Waals surface area contributed by atoms with Gasteiger partial charge in [-0.2, -0.15) is 0 Å². The molecule has 254 valence electrons. The standard InChI is InChI=1S/C39H52N2O6/c40-28-20-9-7-5-3-1-2-4-6-8-19-27-35(36(42)45-29-32-21-13-10-14-22-32)39(41,37(43)46-30-33-23-15-11-16-24-33)38(44)47-31-34-25-17-12-18-26-34/h10-18,21-26,35H,1-9,19-20,27-31,40-41H2. The molecule has 0 spiro atoms. The van der Waals surface area contributed by atoms with E-state index in [1.165, 1.54) is 32.1 Å². The van der Waals surface area contributed by atoms with Crippen molar-refractivity contribution in [1.29, 1.82) is 0 Å². The molecule has 0 aliphatic rings. The third kappa shape index (κ3) is 13.3. The van der Waals surface area contributed by atoms with Crippen LogP contribution in [-0.2, 0) is 48.4 Å². The average molecular weight is 645 g/mol. The minimum absolute atomic E-state index is 0.0173. The van der Waals surface area contributed by atoms with Crippen LogP contribution in [0.25, 0.3) is 0 Å². The topological polar surface area (TPSA) is 131 Å². The summed E-state index contributed by atoms with van der Waals surface area (Å²) in [7, 11) is 0. The molecule has 0 aromatic heterocycles. The van der Waals surface area contributed by atoms with Gasteiger partial charge in [0.05, 0.1) is 5.92 Å². The summed E-state index contributed by atoms with van der Waals surface area (Å²) in [5.74, 6) is -4.08. The van der Waals surface area contributed by atoms with E-state index in [1.54, 1.807) is 24.3 Å². The molecule has 0 amide bonds. The van der Waals surface area contributed by atoms with Crippen molar-refractivity contribution in [2.24, 2.45) is 17.4 Å². The van der Waals surface area contributed by atoms with Crippen LogP contribution < -0.4 is 11.5 Å². The molecular formula is C39H52N2O6. The van der Waals surface area contributed by atoms with E-state index >= 15 is 0 Å². The van der Waals surface area contributed by atoms with E-state index in [0.29, 0.717) is 6.42 Å². The van der Waals surface area contributed by atoms with Gasteiger partial charge in [0.15, 0.2) is 0 Å². The van der Waals surface area contributed by atoms with Crippen molar-refractivity contribution >= 4 is 17.9 Å². The molecule has 3 rings (SSSR count). The Hall–Kier alpha value is -4.01. The van der Waals surface area contributed by atoms with Gasteiger partial charge in [-0.05, 0) is 36.1 Å². The Bertz CT molecular complexity index is 1250. The molecule has 1 atom stereocenters. The number of ether oxygens (including phenoxy) is 3. The van der Waals surface area contributed by atoms with Gasteiger partial charge in [-0.3, -0.25) is 4.79 Å². The minimum atomic E-state index is -2.40. The first-order chi connectivity index (χ1) is 22.9. The zero-order valence-corrected chi connectivity index (χ0v) is 27.7. The predicted octanol–water partition coefficient (Wildman–Crippen LogP) is 7.17. The van der Waals surface area contributed by atoms with Crippen LogP contribution in [0.3, 0.4) is 0 Å². The molecule has 0 saturated heterocycles. The number of carbonyl (C=O) groups excluding carboxylic acids is 3. The highest BCUT2D eigenvalue weighted by Crippen LogP contribution is 2.28. The van der Waals surface area contributed by atoms with Crippen LogP contribution in [0.5, 0.6) is 0 Å². The first-order valence-electron chi connectivity index (χ1n) is 17.1. The van der Waals surface area contributed by atoms with E-state index in [1.807, 2.05) is 66.7 Å². The Morgan fingerprint density at radius 3 is 1.23 bits per heavy atom. The van der Waals surface area contributed by atoms with Crippen LogP contribution in [0.1, 0.15) is 93.7 Å². The second kappa shape index (κ2) is 21.7. The zero-order valence-electron chi connectivity index (χ0n) is 27.7. The number of unbranched alkanes of at least 4 members (excludes halogenated alkanes) is 10. The van der Waals surface area contributed by atoms with Crippen molar-refractivity contribution < 1.29 is 28.6 Å². The quantitative estimate of drug-likeness (QED) is 0.0481. The van der Waals surface area contributed by atoms with Crippen LogP contribution >= 0.6 is 0 Å². The molecular weight excluding hydrogens is 592 g/mol. The number of hydrogen-bond donors (Lipinski definition) is 2. The number of rotatable bonds is 23. The maximum Gasteiger partial charge on any atom is 0.339 e. The highest BCUT2D eigenvalue weighted by atomic mass is 16.6. The van der Waals surface area contributed by atoms with Gasteiger partial charge in [-0.1, -0.05) is 155 Å². The lowest BCUT2D eigenvalue weighted by molar-refractivity contribution is -0.176. The minimum Gasteiger partial charge on any atom is -0.461 e. The maximum atomic E-state index is 13.8. The second-order valence-electron chi connectivity index (χ2n) is 12.1. The first kappa shape index (κ1) is 37.4. The van der Waals surface area contributed by atoms with E-state index in [4.69, 9.17) is 25.7 Å². The van der Waals surface area contributed by atoms with Crippen molar-refractivity contribution in [1.82, 2.24) is 0 Å². The summed E-state index contributed by atoms with van der Waals surface area (Å²) in [6, 6.07) is 27.4. The summed E-state index contributed by atoms with van der Waals surface area (Å²) in [5, 5.41) is 0. The van der Waals surface area contributed by atoms with E-state index in [-0.39, 0.29) is 26.2 Å². The van der Waals surface area contributed by atoms with E-state index in [9.17, 15) is 14.4 Å². The Morgan fingerprint density at radius 1 is 0.511 bits per heavy atom. The van der Waals surface area contributed by atoms with Gasteiger partial charge >= 0.3 is 17.9 Å². The molecule has 0 aliphatic heterocycles. The normalized spacial score (nSPS) is 11.9. The molecule has 0 aliphatic carbocycles. The summed E-state index contributed by atoms with van der Waals surface area (Å²) >= 11 is 0. The van der Waals surface area contributed by atoms with Gasteiger partial charge in [0.1, 0.15) is 19.8 Å². The molecule has 0 bridgehead atoms. The number of esters is 3. The number of carbonyl (C=O) groups is 3. The van der Waals surface area contributed by atoms with E-state index in [2.05, 4.69) is 0 Å². The number of benzene rings is 3. The highest BCUT2D eigenvalue weighted by Gasteiger charge is 2.55. The fraction of sp³-hybridized carbons (Fsp3) is 0.462. The molecule has 8 heteroatoms. The summed E-state index contributed by atoms with van der Waals surface area (Å²) in [6.07, 6.45) is 12.0. The van der Waals surface area contributed by atoms with Gasteiger partial charge in [-0.15, -0.1) is 0 Å². The monoisotopic (exact) mass is 644 g/mol. The van der Waals surface area contributed by atoms with E-state index < -0.39 is 29.4 Å². The van der Waals surface area contributed by atoms with Crippen molar-refractivity contribution in [3.63, 3.8) is 0 Å². The molecule has 0 radical (unpaired) electrons. The molecule has 4 N–H and O–H groups in total. The largest absolute Gasteiger partial charge is 0.461 e. The van der Waals surface area contributed by atoms with Crippen molar-refractivity contribution in [2.75, 3.05) is 6.54 Å². The predicted molar refractivity (Wildman–Crippen MR) is 184 cm³/mol. The molecule has 47 heavy (non-hydrogen) atoms. The molecule has 0 heterocycles. The summed E-state index contributed by atoms with van der Waals surface area (Å²) in [5.41, 5.74) is 12.1. The fourth-order valence-corrected chi connectivity index (χ4v) is 5.50. The highest BCUT2D eigenvalue weighted by molar-refractivity contribution is 6.08.